The lowest BCUT2D eigenvalue weighted by molar-refractivity contribution is -0.126. The van der Waals surface area contributed by atoms with E-state index in [-0.39, 0.29) is 17.7 Å². The van der Waals surface area contributed by atoms with Gasteiger partial charge in [0.25, 0.3) is 11.5 Å². The van der Waals surface area contributed by atoms with Gasteiger partial charge in [-0.1, -0.05) is 32.1 Å². The number of nitrogens with one attached hydrogen (secondary N) is 2. The average Bonchev–Trinajstić information content (AvgIpc) is 2.80. The van der Waals surface area contributed by atoms with Gasteiger partial charge in [0.1, 0.15) is 11.1 Å². The predicted octanol–water partition coefficient (Wildman–Crippen LogP) is 2.07. The SMILES string of the molecule is CC(C)(NC(=O)c1cc2c(n(CC3CCCCC3)c1=O)CCCCCC2)C(=O)NCC(O)CO. The molecule has 0 aromatic carbocycles. The number of fused-ring (bicyclic) bond motifs is 1. The van der Waals surface area contributed by atoms with Crippen molar-refractivity contribution < 1.29 is 19.8 Å². The summed E-state index contributed by atoms with van der Waals surface area (Å²) in [6, 6.07) is 1.75. The number of aromatic nitrogens is 1. The van der Waals surface area contributed by atoms with Gasteiger partial charge in [-0.15, -0.1) is 0 Å². The number of carbonyl (C=O) groups is 2. The lowest BCUT2D eigenvalue weighted by atomic mass is 9.88. The Balaban J connectivity index is 1.88. The van der Waals surface area contributed by atoms with Gasteiger partial charge in [-0.05, 0) is 69.9 Å². The molecule has 1 saturated carbocycles. The molecule has 2 amide bonds. The van der Waals surface area contributed by atoms with Crippen molar-refractivity contribution in [3.8, 4) is 0 Å². The van der Waals surface area contributed by atoms with E-state index in [4.69, 9.17) is 5.11 Å². The van der Waals surface area contributed by atoms with Crippen molar-refractivity contribution in [2.75, 3.05) is 13.2 Å². The monoisotopic (exact) mass is 475 g/mol. The number of aliphatic hydroxyl groups is 2. The van der Waals surface area contributed by atoms with Gasteiger partial charge in [0.15, 0.2) is 0 Å². The van der Waals surface area contributed by atoms with Crippen molar-refractivity contribution in [3.05, 3.63) is 33.2 Å². The normalized spacial score (nSPS) is 18.4. The first kappa shape index (κ1) is 26.4. The number of amides is 2. The summed E-state index contributed by atoms with van der Waals surface area (Å²) in [6.45, 7) is 3.18. The molecule has 8 nitrogen and oxygen atoms in total. The van der Waals surface area contributed by atoms with Crippen molar-refractivity contribution in [1.29, 1.82) is 0 Å². The van der Waals surface area contributed by atoms with Crippen molar-refractivity contribution in [2.24, 2.45) is 5.92 Å². The minimum atomic E-state index is -1.29. The van der Waals surface area contributed by atoms with Crippen molar-refractivity contribution >= 4 is 11.8 Å². The fourth-order valence-electron chi connectivity index (χ4n) is 5.12. The van der Waals surface area contributed by atoms with Crippen LogP contribution in [0.3, 0.4) is 0 Å². The first-order valence-electron chi connectivity index (χ1n) is 12.9. The zero-order chi connectivity index (χ0) is 24.7. The van der Waals surface area contributed by atoms with Crippen LogP contribution in [0.15, 0.2) is 10.9 Å². The molecule has 1 aromatic heterocycles. The highest BCUT2D eigenvalue weighted by molar-refractivity contribution is 5.98. The Bertz CT molecular complexity index is 918. The zero-order valence-corrected chi connectivity index (χ0v) is 20.7. The van der Waals surface area contributed by atoms with Gasteiger partial charge in [0, 0.05) is 18.8 Å². The quantitative estimate of drug-likeness (QED) is 0.459. The molecule has 3 rings (SSSR count). The molecule has 0 saturated heterocycles. The third-order valence-electron chi connectivity index (χ3n) is 7.21. The maximum absolute atomic E-state index is 13.6. The average molecular weight is 476 g/mol. The molecular formula is C26H41N3O5. The third-order valence-corrected chi connectivity index (χ3v) is 7.21. The number of hydrogen-bond acceptors (Lipinski definition) is 5. The molecule has 0 aliphatic heterocycles. The van der Waals surface area contributed by atoms with E-state index in [1.165, 1.54) is 19.3 Å². The van der Waals surface area contributed by atoms with E-state index in [1.54, 1.807) is 19.9 Å². The van der Waals surface area contributed by atoms with Gasteiger partial charge in [0.2, 0.25) is 5.91 Å². The van der Waals surface area contributed by atoms with Crippen LogP contribution in [-0.2, 0) is 24.2 Å². The van der Waals surface area contributed by atoms with Gasteiger partial charge < -0.3 is 25.4 Å². The molecule has 0 radical (unpaired) electrons. The van der Waals surface area contributed by atoms with Gasteiger partial charge in [-0.2, -0.15) is 0 Å². The van der Waals surface area contributed by atoms with E-state index in [1.807, 2.05) is 4.57 Å². The van der Waals surface area contributed by atoms with Gasteiger partial charge in [-0.3, -0.25) is 14.4 Å². The van der Waals surface area contributed by atoms with E-state index in [0.29, 0.717) is 12.5 Å². The molecular weight excluding hydrogens is 434 g/mol. The predicted molar refractivity (Wildman–Crippen MR) is 131 cm³/mol. The zero-order valence-electron chi connectivity index (χ0n) is 20.7. The minimum absolute atomic E-state index is 0.0893. The van der Waals surface area contributed by atoms with Crippen LogP contribution in [0, 0.1) is 5.92 Å². The Morgan fingerprint density at radius 1 is 1.09 bits per heavy atom. The number of hydrogen-bond donors (Lipinski definition) is 4. The summed E-state index contributed by atoms with van der Waals surface area (Å²) < 4.78 is 1.87. The highest BCUT2D eigenvalue weighted by Crippen LogP contribution is 2.27. The molecule has 1 heterocycles. The summed E-state index contributed by atoms with van der Waals surface area (Å²) in [5.41, 5.74) is 0.688. The molecule has 4 N–H and O–H groups in total. The molecule has 34 heavy (non-hydrogen) atoms. The summed E-state index contributed by atoms with van der Waals surface area (Å²) in [6.07, 6.45) is 10.9. The Kier molecular flexibility index (Phi) is 9.31. The molecule has 2 aliphatic rings. The molecule has 1 aromatic rings. The fraction of sp³-hybridized carbons (Fsp3) is 0.731. The van der Waals surface area contributed by atoms with Crippen LogP contribution >= 0.6 is 0 Å². The summed E-state index contributed by atoms with van der Waals surface area (Å²) in [7, 11) is 0. The van der Waals surface area contributed by atoms with E-state index in [9.17, 15) is 19.5 Å². The second kappa shape index (κ2) is 12.0. The molecule has 0 spiro atoms. The summed E-state index contributed by atoms with van der Waals surface area (Å²) in [5, 5.41) is 23.7. The van der Waals surface area contributed by atoms with Crippen LogP contribution in [0.2, 0.25) is 0 Å². The maximum Gasteiger partial charge on any atom is 0.263 e. The second-order valence-corrected chi connectivity index (χ2v) is 10.5. The Labute approximate surface area is 202 Å². The smallest absolute Gasteiger partial charge is 0.263 e. The standard InChI is InChI=1S/C26H41N3O5/c1-26(2,25(34)27-15-20(31)17-30)28-23(32)21-14-19-12-8-3-4-9-13-22(19)29(24(21)33)16-18-10-6-5-7-11-18/h14,18,20,30-31H,3-13,15-17H2,1-2H3,(H,27,34)(H,28,32). The van der Waals surface area contributed by atoms with Gasteiger partial charge in [-0.25, -0.2) is 0 Å². The van der Waals surface area contributed by atoms with Gasteiger partial charge >= 0.3 is 0 Å². The number of aliphatic hydroxyl groups excluding tert-OH is 2. The fourth-order valence-corrected chi connectivity index (χ4v) is 5.12. The molecule has 190 valence electrons. The number of pyridine rings is 1. The summed E-state index contributed by atoms with van der Waals surface area (Å²) in [5.74, 6) is -0.600. The molecule has 1 atom stereocenters. The van der Waals surface area contributed by atoms with Crippen LogP contribution in [0.4, 0.5) is 0 Å². The first-order chi connectivity index (χ1) is 16.2. The lowest BCUT2D eigenvalue weighted by Crippen LogP contribution is -2.56. The Morgan fingerprint density at radius 3 is 2.41 bits per heavy atom. The van der Waals surface area contributed by atoms with Crippen LogP contribution < -0.4 is 16.2 Å². The molecule has 2 aliphatic carbocycles. The van der Waals surface area contributed by atoms with Crippen LogP contribution in [0.25, 0.3) is 0 Å². The van der Waals surface area contributed by atoms with Crippen molar-refractivity contribution in [2.45, 2.75) is 103 Å². The third kappa shape index (κ3) is 6.69. The van der Waals surface area contributed by atoms with Gasteiger partial charge in [0.05, 0.1) is 12.7 Å². The minimum Gasteiger partial charge on any atom is -0.394 e. The van der Waals surface area contributed by atoms with Crippen molar-refractivity contribution in [3.63, 3.8) is 0 Å². The Morgan fingerprint density at radius 2 is 1.74 bits per heavy atom. The summed E-state index contributed by atoms with van der Waals surface area (Å²) in [4.78, 5) is 39.5. The largest absolute Gasteiger partial charge is 0.394 e. The number of nitrogens with zero attached hydrogens (tertiary/aromatic N) is 1. The molecule has 8 heteroatoms. The first-order valence-corrected chi connectivity index (χ1v) is 12.9. The topological polar surface area (TPSA) is 121 Å². The van der Waals surface area contributed by atoms with Crippen LogP contribution in [-0.4, -0.2) is 51.4 Å². The number of carbonyl (C=O) groups excluding carboxylic acids is 2. The second-order valence-electron chi connectivity index (χ2n) is 10.5. The summed E-state index contributed by atoms with van der Waals surface area (Å²) >= 11 is 0. The number of rotatable bonds is 8. The van der Waals surface area contributed by atoms with E-state index in [2.05, 4.69) is 10.6 Å². The highest BCUT2D eigenvalue weighted by atomic mass is 16.3. The van der Waals surface area contributed by atoms with Crippen LogP contribution in [0.1, 0.15) is 93.3 Å². The maximum atomic E-state index is 13.6. The lowest BCUT2D eigenvalue weighted by Gasteiger charge is -2.28. The van der Waals surface area contributed by atoms with E-state index < -0.39 is 30.1 Å². The van der Waals surface area contributed by atoms with E-state index in [0.717, 1.165) is 62.6 Å². The number of aryl methyl sites for hydroxylation is 1. The van der Waals surface area contributed by atoms with E-state index >= 15 is 0 Å². The highest BCUT2D eigenvalue weighted by Gasteiger charge is 2.32. The molecule has 1 unspecified atom stereocenters. The van der Waals surface area contributed by atoms with Crippen LogP contribution in [0.5, 0.6) is 0 Å². The van der Waals surface area contributed by atoms with Crippen molar-refractivity contribution in [1.82, 2.24) is 15.2 Å². The molecule has 1 fully saturated rings. The molecule has 0 bridgehead atoms. The Hall–Kier alpha value is -2.19.